The summed E-state index contributed by atoms with van der Waals surface area (Å²) in [6.45, 7) is 8.63. The van der Waals surface area contributed by atoms with E-state index >= 15 is 0 Å². The van der Waals surface area contributed by atoms with Crippen molar-refractivity contribution in [1.29, 1.82) is 0 Å². The zero-order valence-electron chi connectivity index (χ0n) is 19.2. The van der Waals surface area contributed by atoms with Crippen LogP contribution in [0.25, 0.3) is 5.57 Å². The molecule has 0 amide bonds. The molecule has 0 radical (unpaired) electrons. The second kappa shape index (κ2) is 6.76. The molecule has 0 saturated carbocycles. The summed E-state index contributed by atoms with van der Waals surface area (Å²) in [6.07, 6.45) is 2.36. The third kappa shape index (κ3) is 2.79. The number of benzene rings is 2. The fourth-order valence-electron chi connectivity index (χ4n) is 5.86. The predicted molar refractivity (Wildman–Crippen MR) is 122 cm³/mol. The summed E-state index contributed by atoms with van der Waals surface area (Å²) < 4.78 is 0. The van der Waals surface area contributed by atoms with E-state index in [2.05, 4.69) is 27.7 Å². The maximum atomic E-state index is 13.8. The fourth-order valence-corrected chi connectivity index (χ4v) is 5.86. The molecule has 1 unspecified atom stereocenters. The van der Waals surface area contributed by atoms with Crippen LogP contribution in [0.5, 0.6) is 0 Å². The van der Waals surface area contributed by atoms with Gasteiger partial charge in [-0.25, -0.2) is 4.79 Å². The van der Waals surface area contributed by atoms with Crippen LogP contribution in [0, 0.1) is 0 Å². The lowest BCUT2D eigenvalue weighted by Gasteiger charge is -2.58. The Balaban J connectivity index is 1.64. The fraction of sp³-hybridized carbons (Fsp3) is 0.385. The Morgan fingerprint density at radius 2 is 1.67 bits per heavy atom. The number of aromatic carboxylic acids is 1. The lowest BCUT2D eigenvalue weighted by Crippen LogP contribution is -2.72. The highest BCUT2D eigenvalue weighted by atomic mass is 16.8. The SMILES string of the molecule is CC1(C)C[C@@]2(CN3C=C(c4ccccc4)C(=O)[C@]3(O)c3ccccc3C(=O)O)ON1C2(C)C. The molecule has 2 aromatic carbocycles. The number of aliphatic hydroxyl groups is 1. The molecule has 33 heavy (non-hydrogen) atoms. The van der Waals surface area contributed by atoms with Gasteiger partial charge >= 0.3 is 5.97 Å². The summed E-state index contributed by atoms with van der Waals surface area (Å²) in [5.41, 5.74) is -2.38. The highest BCUT2D eigenvalue weighted by molar-refractivity contribution is 6.26. The van der Waals surface area contributed by atoms with Crippen LogP contribution in [0.3, 0.4) is 0 Å². The Hall–Kier alpha value is -3.00. The molecule has 2 aromatic rings. The molecule has 6 rings (SSSR count). The van der Waals surface area contributed by atoms with E-state index in [1.165, 1.54) is 12.1 Å². The van der Waals surface area contributed by atoms with Crippen molar-refractivity contribution in [1.82, 2.24) is 9.96 Å². The first-order valence-electron chi connectivity index (χ1n) is 11.1. The van der Waals surface area contributed by atoms with Crippen LogP contribution in [0.15, 0.2) is 60.8 Å². The third-order valence-electron chi connectivity index (χ3n) is 7.46. The smallest absolute Gasteiger partial charge is 0.336 e. The molecule has 4 aliphatic heterocycles. The van der Waals surface area contributed by atoms with Gasteiger partial charge < -0.3 is 15.1 Å². The minimum absolute atomic E-state index is 0.0484. The number of hydroxylamine groups is 2. The van der Waals surface area contributed by atoms with Gasteiger partial charge in [0.1, 0.15) is 5.60 Å². The van der Waals surface area contributed by atoms with Crippen molar-refractivity contribution in [3.63, 3.8) is 0 Å². The van der Waals surface area contributed by atoms with Gasteiger partial charge in [-0.15, -0.1) is 0 Å². The van der Waals surface area contributed by atoms with Gasteiger partial charge in [0.25, 0.3) is 0 Å². The molecule has 3 saturated heterocycles. The summed E-state index contributed by atoms with van der Waals surface area (Å²) >= 11 is 0. The number of ketones is 1. The molecule has 2 N–H and O–H groups in total. The Labute approximate surface area is 192 Å². The molecule has 2 bridgehead atoms. The van der Waals surface area contributed by atoms with Crippen molar-refractivity contribution in [3.8, 4) is 0 Å². The minimum atomic E-state index is -2.17. The number of carbonyl (C=O) groups excluding carboxylic acids is 1. The van der Waals surface area contributed by atoms with E-state index in [9.17, 15) is 19.8 Å². The molecule has 172 valence electrons. The van der Waals surface area contributed by atoms with Crippen molar-refractivity contribution in [2.45, 2.75) is 56.5 Å². The molecular weight excluding hydrogens is 420 g/mol. The first-order chi connectivity index (χ1) is 15.4. The standard InChI is InChI=1S/C26H28N2O5/c1-23(2)15-25(24(3,4)28(23)33-25)16-27-14-19(17-10-6-5-7-11-17)21(29)26(27,32)20-13-9-8-12-18(20)22(30)31/h5-14,32H,15-16H2,1-4H3,(H,30,31)/t25-,26+/m0/s1. The van der Waals surface area contributed by atoms with Crippen molar-refractivity contribution < 1.29 is 24.6 Å². The molecule has 3 fully saturated rings. The van der Waals surface area contributed by atoms with Crippen molar-refractivity contribution in [2.75, 3.05) is 6.54 Å². The lowest BCUT2D eigenvalue weighted by molar-refractivity contribution is -0.400. The molecule has 0 aromatic heterocycles. The number of Topliss-reactive ketones (excluding diaryl/α,β-unsaturated/α-hetero) is 1. The monoisotopic (exact) mass is 448 g/mol. The molecular formula is C26H28N2O5. The van der Waals surface area contributed by atoms with Gasteiger partial charge in [0.15, 0.2) is 0 Å². The van der Waals surface area contributed by atoms with Gasteiger partial charge in [-0.3, -0.25) is 9.63 Å². The number of carboxylic acids is 1. The van der Waals surface area contributed by atoms with E-state index in [1.807, 2.05) is 23.3 Å². The number of hydrogen-bond donors (Lipinski definition) is 2. The van der Waals surface area contributed by atoms with Crippen LogP contribution >= 0.6 is 0 Å². The van der Waals surface area contributed by atoms with Crippen LogP contribution in [0.4, 0.5) is 0 Å². The summed E-state index contributed by atoms with van der Waals surface area (Å²) in [6, 6.07) is 15.2. The Morgan fingerprint density at radius 1 is 1.03 bits per heavy atom. The first kappa shape index (κ1) is 21.8. The van der Waals surface area contributed by atoms with Crippen LogP contribution in [0.2, 0.25) is 0 Å². The van der Waals surface area contributed by atoms with Gasteiger partial charge in [-0.05, 0) is 39.3 Å². The summed E-state index contributed by atoms with van der Waals surface area (Å²) in [5, 5.41) is 23.8. The predicted octanol–water partition coefficient (Wildman–Crippen LogP) is 3.40. The highest BCUT2D eigenvalue weighted by Gasteiger charge is 2.74. The molecule has 4 heterocycles. The molecule has 0 aliphatic carbocycles. The van der Waals surface area contributed by atoms with E-state index in [0.29, 0.717) is 17.6 Å². The Morgan fingerprint density at radius 3 is 2.24 bits per heavy atom. The van der Waals surface area contributed by atoms with E-state index in [1.54, 1.807) is 35.4 Å². The number of rotatable bonds is 5. The number of fused-ring (bicyclic) bond motifs is 1. The number of nitrogens with zero attached hydrogens (tertiary/aromatic N) is 2. The molecule has 4 aliphatic rings. The molecule has 3 atom stereocenters. The van der Waals surface area contributed by atoms with Gasteiger partial charge in [0, 0.05) is 29.3 Å². The Kier molecular flexibility index (Phi) is 4.47. The maximum absolute atomic E-state index is 13.8. The largest absolute Gasteiger partial charge is 0.478 e. The van der Waals surface area contributed by atoms with Crippen LogP contribution in [-0.4, -0.2) is 55.2 Å². The van der Waals surface area contributed by atoms with Crippen LogP contribution < -0.4 is 0 Å². The molecule has 7 nitrogen and oxygen atoms in total. The van der Waals surface area contributed by atoms with Crippen molar-refractivity contribution >= 4 is 17.3 Å². The summed E-state index contributed by atoms with van der Waals surface area (Å²) in [4.78, 5) is 33.6. The zero-order valence-corrected chi connectivity index (χ0v) is 19.2. The second-order valence-corrected chi connectivity index (χ2v) is 10.3. The second-order valence-electron chi connectivity index (χ2n) is 10.3. The van der Waals surface area contributed by atoms with E-state index < -0.39 is 23.1 Å². The van der Waals surface area contributed by atoms with Crippen LogP contribution in [-0.2, 0) is 15.4 Å². The van der Waals surface area contributed by atoms with Gasteiger partial charge in [0.2, 0.25) is 11.5 Å². The van der Waals surface area contributed by atoms with Gasteiger partial charge in [0.05, 0.1) is 17.6 Å². The van der Waals surface area contributed by atoms with E-state index in [-0.39, 0.29) is 28.7 Å². The molecule has 7 heteroatoms. The van der Waals surface area contributed by atoms with Crippen molar-refractivity contribution in [2.24, 2.45) is 0 Å². The average Bonchev–Trinajstić information content (AvgIpc) is 3.27. The van der Waals surface area contributed by atoms with Gasteiger partial charge in [-0.2, -0.15) is 5.06 Å². The number of carboxylic acid groups (broad SMARTS) is 1. The number of hydrogen-bond acceptors (Lipinski definition) is 6. The first-order valence-corrected chi connectivity index (χ1v) is 11.1. The van der Waals surface area contributed by atoms with Crippen molar-refractivity contribution in [3.05, 3.63) is 77.5 Å². The third-order valence-corrected chi connectivity index (χ3v) is 7.46. The average molecular weight is 449 g/mol. The lowest BCUT2D eigenvalue weighted by atomic mass is 9.79. The van der Waals surface area contributed by atoms with E-state index in [4.69, 9.17) is 4.84 Å². The minimum Gasteiger partial charge on any atom is -0.478 e. The normalized spacial score (nSPS) is 31.3. The topological polar surface area (TPSA) is 90.3 Å². The Bertz CT molecular complexity index is 1190. The highest BCUT2D eigenvalue weighted by Crippen LogP contribution is 2.60. The van der Waals surface area contributed by atoms with E-state index in [0.717, 1.165) is 0 Å². The maximum Gasteiger partial charge on any atom is 0.336 e. The zero-order chi connectivity index (χ0) is 23.8. The number of carbonyl (C=O) groups is 2. The van der Waals surface area contributed by atoms with Gasteiger partial charge in [-0.1, -0.05) is 48.5 Å². The molecule has 0 spiro atoms. The van der Waals surface area contributed by atoms with Crippen LogP contribution in [0.1, 0.15) is 55.6 Å². The quantitative estimate of drug-likeness (QED) is 0.725. The summed E-state index contributed by atoms with van der Waals surface area (Å²) in [5.74, 6) is -1.75. The summed E-state index contributed by atoms with van der Waals surface area (Å²) in [7, 11) is 0.